The highest BCUT2D eigenvalue weighted by Crippen LogP contribution is 2.26. The minimum absolute atomic E-state index is 0.0933. The van der Waals surface area contributed by atoms with Gasteiger partial charge in [-0.05, 0) is 38.1 Å². The fourth-order valence-electron chi connectivity index (χ4n) is 2.29. The van der Waals surface area contributed by atoms with Crippen molar-refractivity contribution in [2.75, 3.05) is 11.1 Å². The molecule has 0 aliphatic carbocycles. The minimum atomic E-state index is -0.313. The number of carbonyl (C=O) groups excluding carboxylic acids is 1. The molecule has 0 saturated heterocycles. The Labute approximate surface area is 163 Å². The molecule has 3 aromatic rings. The fraction of sp³-hybridized carbons (Fsp3) is 0.167. The summed E-state index contributed by atoms with van der Waals surface area (Å²) in [4.78, 5) is 24.9. The van der Waals surface area contributed by atoms with E-state index in [9.17, 15) is 14.4 Å². The average Bonchev–Trinajstić information content (AvgIpc) is 3.08. The van der Waals surface area contributed by atoms with Gasteiger partial charge in [-0.1, -0.05) is 11.8 Å². The van der Waals surface area contributed by atoms with Crippen molar-refractivity contribution in [3.8, 4) is 17.3 Å². The van der Waals surface area contributed by atoms with Crippen LogP contribution in [0.4, 0.5) is 9.52 Å². The van der Waals surface area contributed by atoms with Gasteiger partial charge in [0.25, 0.3) is 0 Å². The number of rotatable bonds is 5. The van der Waals surface area contributed by atoms with Crippen molar-refractivity contribution >= 4 is 34.1 Å². The maximum atomic E-state index is 13.0. The van der Waals surface area contributed by atoms with Crippen molar-refractivity contribution in [2.45, 2.75) is 18.9 Å². The monoisotopic (exact) mass is 399 g/mol. The highest BCUT2D eigenvalue weighted by molar-refractivity contribution is 8.00. The quantitative estimate of drug-likeness (QED) is 0.516. The van der Waals surface area contributed by atoms with Crippen molar-refractivity contribution < 1.29 is 9.18 Å². The van der Waals surface area contributed by atoms with Gasteiger partial charge in [-0.15, -0.1) is 11.3 Å². The molecule has 2 aromatic heterocycles. The summed E-state index contributed by atoms with van der Waals surface area (Å²) < 4.78 is 13.0. The molecule has 0 aliphatic rings. The summed E-state index contributed by atoms with van der Waals surface area (Å²) in [5, 5.41) is 14.7. The number of aryl methyl sites for hydroxylation is 2. The standard InChI is InChI=1S/C18H14FN5OS2/c1-10-14(7-20)17(22-11(2)21-10)26-9-16(25)24-18-23-15(8-27-18)12-3-5-13(19)6-4-12/h3-6,8H,9H2,1-2H3,(H,23,24,25). The molecule has 1 aromatic carbocycles. The van der Waals surface area contributed by atoms with Crippen LogP contribution in [0, 0.1) is 31.0 Å². The number of anilines is 1. The second-order valence-corrected chi connectivity index (χ2v) is 7.35. The smallest absolute Gasteiger partial charge is 0.236 e. The van der Waals surface area contributed by atoms with Crippen LogP contribution in [0.2, 0.25) is 0 Å². The molecule has 0 unspecified atom stereocenters. The van der Waals surface area contributed by atoms with E-state index in [4.69, 9.17) is 0 Å². The third-order valence-corrected chi connectivity index (χ3v) is 5.24. The van der Waals surface area contributed by atoms with Crippen LogP contribution in [0.5, 0.6) is 0 Å². The van der Waals surface area contributed by atoms with E-state index in [1.165, 1.54) is 35.2 Å². The van der Waals surface area contributed by atoms with E-state index in [0.717, 1.165) is 5.56 Å². The maximum Gasteiger partial charge on any atom is 0.236 e. The molecule has 9 heteroatoms. The van der Waals surface area contributed by atoms with Crippen molar-refractivity contribution in [1.29, 1.82) is 5.26 Å². The second-order valence-electron chi connectivity index (χ2n) is 5.53. The number of nitrogens with one attached hydrogen (secondary N) is 1. The molecule has 6 nitrogen and oxygen atoms in total. The molecule has 3 rings (SSSR count). The Balaban J connectivity index is 1.64. The first-order valence-electron chi connectivity index (χ1n) is 7.85. The third kappa shape index (κ3) is 4.67. The number of carbonyl (C=O) groups is 1. The zero-order chi connectivity index (χ0) is 19.4. The number of amides is 1. The van der Waals surface area contributed by atoms with Crippen LogP contribution in [0.15, 0.2) is 34.7 Å². The molecular formula is C18H14FN5OS2. The van der Waals surface area contributed by atoms with Gasteiger partial charge in [0.2, 0.25) is 5.91 Å². The van der Waals surface area contributed by atoms with Gasteiger partial charge in [0, 0.05) is 10.9 Å². The number of aromatic nitrogens is 3. The number of nitrogens with zero attached hydrogens (tertiary/aromatic N) is 4. The summed E-state index contributed by atoms with van der Waals surface area (Å²) in [6.07, 6.45) is 0. The molecule has 0 atom stereocenters. The highest BCUT2D eigenvalue weighted by atomic mass is 32.2. The summed E-state index contributed by atoms with van der Waals surface area (Å²) in [5.41, 5.74) is 2.41. The molecule has 2 heterocycles. The van der Waals surface area contributed by atoms with E-state index in [2.05, 4.69) is 26.3 Å². The number of benzene rings is 1. The van der Waals surface area contributed by atoms with Crippen LogP contribution in [-0.2, 0) is 4.79 Å². The van der Waals surface area contributed by atoms with Gasteiger partial charge >= 0.3 is 0 Å². The lowest BCUT2D eigenvalue weighted by Crippen LogP contribution is -2.14. The lowest BCUT2D eigenvalue weighted by molar-refractivity contribution is -0.113. The molecule has 0 bridgehead atoms. The summed E-state index contributed by atoms with van der Waals surface area (Å²) in [5.74, 6) is 0.0818. The Morgan fingerprint density at radius 2 is 2.00 bits per heavy atom. The molecular weight excluding hydrogens is 385 g/mol. The van der Waals surface area contributed by atoms with Gasteiger partial charge < -0.3 is 5.32 Å². The molecule has 0 spiro atoms. The first kappa shape index (κ1) is 18.9. The van der Waals surface area contributed by atoms with Gasteiger partial charge in [0.1, 0.15) is 28.3 Å². The predicted octanol–water partition coefficient (Wildman–Crippen LogP) is 3.96. The maximum absolute atomic E-state index is 13.0. The minimum Gasteiger partial charge on any atom is -0.301 e. The molecule has 1 N–H and O–H groups in total. The van der Waals surface area contributed by atoms with Crippen LogP contribution in [0.25, 0.3) is 11.3 Å². The van der Waals surface area contributed by atoms with Gasteiger partial charge in [-0.3, -0.25) is 4.79 Å². The predicted molar refractivity (Wildman–Crippen MR) is 103 cm³/mol. The molecule has 1 amide bonds. The van der Waals surface area contributed by atoms with Gasteiger partial charge in [-0.2, -0.15) is 5.26 Å². The Kier molecular flexibility index (Phi) is 5.78. The lowest BCUT2D eigenvalue weighted by Gasteiger charge is -2.06. The molecule has 136 valence electrons. The zero-order valence-electron chi connectivity index (χ0n) is 14.5. The summed E-state index contributed by atoms with van der Waals surface area (Å²) in [6, 6.07) is 8.07. The Morgan fingerprint density at radius 1 is 1.26 bits per heavy atom. The largest absolute Gasteiger partial charge is 0.301 e. The van der Waals surface area contributed by atoms with Gasteiger partial charge in [0.05, 0.1) is 17.1 Å². The average molecular weight is 399 g/mol. The van der Waals surface area contributed by atoms with E-state index < -0.39 is 0 Å². The highest BCUT2D eigenvalue weighted by Gasteiger charge is 2.14. The number of hydrogen-bond donors (Lipinski definition) is 1. The van der Waals surface area contributed by atoms with Crippen molar-refractivity contribution in [2.24, 2.45) is 0 Å². The van der Waals surface area contributed by atoms with Crippen LogP contribution in [-0.4, -0.2) is 26.6 Å². The number of hydrogen-bond acceptors (Lipinski definition) is 7. The van der Waals surface area contributed by atoms with Crippen molar-refractivity contribution in [3.05, 3.63) is 52.5 Å². The number of thioether (sulfide) groups is 1. The van der Waals surface area contributed by atoms with Crippen LogP contribution in [0.3, 0.4) is 0 Å². The summed E-state index contributed by atoms with van der Waals surface area (Å²) in [6.45, 7) is 3.48. The van der Waals surface area contributed by atoms with Crippen LogP contribution >= 0.6 is 23.1 Å². The SMILES string of the molecule is Cc1nc(C)c(C#N)c(SCC(=O)Nc2nc(-c3ccc(F)cc3)cs2)n1. The first-order chi connectivity index (χ1) is 13.0. The number of thiazole rings is 1. The number of halogens is 1. The summed E-state index contributed by atoms with van der Waals surface area (Å²) >= 11 is 2.47. The van der Waals surface area contributed by atoms with Crippen molar-refractivity contribution in [3.63, 3.8) is 0 Å². The van der Waals surface area contributed by atoms with E-state index in [1.54, 1.807) is 31.4 Å². The Hall–Kier alpha value is -2.83. The first-order valence-corrected chi connectivity index (χ1v) is 9.72. The van der Waals surface area contributed by atoms with E-state index in [0.29, 0.717) is 32.9 Å². The topological polar surface area (TPSA) is 91.6 Å². The normalized spacial score (nSPS) is 10.4. The Morgan fingerprint density at radius 3 is 2.70 bits per heavy atom. The number of nitriles is 1. The molecule has 27 heavy (non-hydrogen) atoms. The molecule has 0 aliphatic heterocycles. The van der Waals surface area contributed by atoms with Crippen molar-refractivity contribution in [1.82, 2.24) is 15.0 Å². The molecule has 0 saturated carbocycles. The van der Waals surface area contributed by atoms with Gasteiger partial charge in [-0.25, -0.2) is 19.3 Å². The van der Waals surface area contributed by atoms with E-state index >= 15 is 0 Å². The third-order valence-electron chi connectivity index (χ3n) is 3.51. The second kappa shape index (κ2) is 8.24. The van der Waals surface area contributed by atoms with E-state index in [-0.39, 0.29) is 17.5 Å². The molecule has 0 radical (unpaired) electrons. The zero-order valence-corrected chi connectivity index (χ0v) is 16.1. The van der Waals surface area contributed by atoms with E-state index in [1.807, 2.05) is 0 Å². The lowest BCUT2D eigenvalue weighted by atomic mass is 10.2. The van der Waals surface area contributed by atoms with Crippen LogP contribution in [0.1, 0.15) is 17.1 Å². The fourth-order valence-corrected chi connectivity index (χ4v) is 3.90. The Bertz CT molecular complexity index is 1030. The van der Waals surface area contributed by atoms with Gasteiger partial charge in [0.15, 0.2) is 5.13 Å². The summed E-state index contributed by atoms with van der Waals surface area (Å²) in [7, 11) is 0. The van der Waals surface area contributed by atoms with Crippen LogP contribution < -0.4 is 5.32 Å². The molecule has 0 fully saturated rings.